The molecule has 0 aliphatic carbocycles. The molecule has 6 heterocycles. The number of hydrogen-bond acceptors (Lipinski definition) is 12. The number of nitrogens with one attached hydrogen (secondary N) is 2. The zero-order chi connectivity index (χ0) is 56.3. The molecule has 0 spiro atoms. The first kappa shape index (κ1) is 61.3. The molecule has 0 radical (unpaired) electrons. The van der Waals surface area contributed by atoms with Crippen molar-refractivity contribution in [3.63, 3.8) is 0 Å². The van der Waals surface area contributed by atoms with Crippen molar-refractivity contribution in [3.8, 4) is 46.4 Å². The number of terminal acetylenes is 1. The van der Waals surface area contributed by atoms with E-state index in [9.17, 15) is 41.0 Å². The maximum absolute atomic E-state index is 13.0. The van der Waals surface area contributed by atoms with Crippen molar-refractivity contribution in [2.75, 3.05) is 73.0 Å². The monoisotopic (exact) mass is 1100 g/mol. The summed E-state index contributed by atoms with van der Waals surface area (Å²) in [4.78, 5) is 45.2. The van der Waals surface area contributed by atoms with E-state index in [1.54, 1.807) is 64.1 Å². The van der Waals surface area contributed by atoms with Crippen LogP contribution in [0.15, 0.2) is 97.3 Å². The third kappa shape index (κ3) is 18.0. The van der Waals surface area contributed by atoms with Gasteiger partial charge in [0.1, 0.15) is 45.1 Å². The number of aliphatic hydroxyl groups is 2. The van der Waals surface area contributed by atoms with Crippen LogP contribution < -0.4 is 20.4 Å². The molecule has 0 atom stereocenters. The third-order valence-electron chi connectivity index (χ3n) is 11.4. The van der Waals surface area contributed by atoms with Gasteiger partial charge in [0.2, 0.25) is 0 Å². The lowest BCUT2D eigenvalue weighted by atomic mass is 9.99. The number of rotatable bonds is 8. The Hall–Kier alpha value is -7.59. The number of carbonyl (C=O) groups excluding carboxylic acids is 2. The van der Waals surface area contributed by atoms with Gasteiger partial charge >= 0.3 is 12.4 Å². The molecule has 4 N–H and O–H groups in total. The van der Waals surface area contributed by atoms with Crippen LogP contribution in [0, 0.1) is 38.0 Å². The van der Waals surface area contributed by atoms with E-state index >= 15 is 0 Å². The van der Waals surface area contributed by atoms with Crippen LogP contribution >= 0.6 is 11.6 Å². The van der Waals surface area contributed by atoms with E-state index in [1.165, 1.54) is 12.1 Å². The number of morpholine rings is 2. The second-order valence-electron chi connectivity index (χ2n) is 18.7. The summed E-state index contributed by atoms with van der Waals surface area (Å²) >= 11 is 6.29. The van der Waals surface area contributed by atoms with E-state index < -0.39 is 46.8 Å². The van der Waals surface area contributed by atoms with Gasteiger partial charge in [0.15, 0.2) is 0 Å². The fourth-order valence-corrected chi connectivity index (χ4v) is 7.59. The number of anilines is 4. The minimum absolute atomic E-state index is 0. The summed E-state index contributed by atoms with van der Waals surface area (Å²) in [5.74, 6) is 7.97. The SMILES string of the molecule is C.C#CC(C)(C)O.Cc1ccc(NC(=O)c2ccnc(C(F)(F)F)c2)cc1-c1cc(C#CC(C)(C)O)nc(N2CCOCC2)c1.Cc1ccc(NC(=O)c2ccnc(C(F)(F)F)c2)cc1-c1cc(Cl)nc(N2CCOCC2)c1. The number of halogens is 7. The summed E-state index contributed by atoms with van der Waals surface area (Å²) < 4.78 is 88.7. The molecule has 2 amide bonds. The van der Waals surface area contributed by atoms with Gasteiger partial charge in [-0.2, -0.15) is 26.3 Å². The van der Waals surface area contributed by atoms with Crippen molar-refractivity contribution in [3.05, 3.63) is 142 Å². The molecule has 2 fully saturated rings. The van der Waals surface area contributed by atoms with Gasteiger partial charge in [0.25, 0.3) is 11.8 Å². The highest BCUT2D eigenvalue weighted by atomic mass is 35.5. The van der Waals surface area contributed by atoms with Crippen molar-refractivity contribution < 1.29 is 55.6 Å². The Labute approximate surface area is 454 Å². The van der Waals surface area contributed by atoms with Gasteiger partial charge in [-0.05, 0) is 154 Å². The Morgan fingerprint density at radius 1 is 0.628 bits per heavy atom. The summed E-state index contributed by atoms with van der Waals surface area (Å²) in [6.45, 7) is 15.2. The van der Waals surface area contributed by atoms with Gasteiger partial charge < -0.3 is 40.1 Å². The molecule has 0 bridgehead atoms. The number of benzene rings is 2. The van der Waals surface area contributed by atoms with E-state index in [0.717, 1.165) is 63.7 Å². The number of carbonyl (C=O) groups is 2. The minimum Gasteiger partial charge on any atom is -0.378 e. The van der Waals surface area contributed by atoms with E-state index in [0.29, 0.717) is 80.6 Å². The van der Waals surface area contributed by atoms with Crippen molar-refractivity contribution in [2.45, 2.75) is 72.5 Å². The maximum atomic E-state index is 13.0. The average molecular weight is 1100 g/mol. The highest BCUT2D eigenvalue weighted by molar-refractivity contribution is 6.29. The molecule has 14 nitrogen and oxygen atoms in total. The number of aromatic nitrogens is 4. The molecule has 2 aromatic carbocycles. The summed E-state index contributed by atoms with van der Waals surface area (Å²) in [7, 11) is 0. The highest BCUT2D eigenvalue weighted by Crippen LogP contribution is 2.34. The van der Waals surface area contributed by atoms with Crippen molar-refractivity contribution in [2.24, 2.45) is 0 Å². The highest BCUT2D eigenvalue weighted by Gasteiger charge is 2.34. The lowest BCUT2D eigenvalue weighted by Crippen LogP contribution is -2.36. The van der Waals surface area contributed by atoms with E-state index in [-0.39, 0.29) is 18.6 Å². The molecule has 4 aromatic heterocycles. The van der Waals surface area contributed by atoms with Gasteiger partial charge in [-0.3, -0.25) is 19.6 Å². The normalized spacial score (nSPS) is 13.7. The number of ether oxygens (including phenoxy) is 2. The number of alkyl halides is 6. The topological polar surface area (TPSA) is 175 Å². The molecule has 2 saturated heterocycles. The number of hydrogen-bond donors (Lipinski definition) is 4. The second kappa shape index (κ2) is 26.2. The minimum atomic E-state index is -4.65. The molecule has 0 unspecified atom stereocenters. The first-order valence-corrected chi connectivity index (χ1v) is 24.3. The summed E-state index contributed by atoms with van der Waals surface area (Å²) in [6.07, 6.45) is -2.56. The standard InChI is InChI=1S/C28H27F3N4O3.C23H20ClF3N4O2.C5H8O.CH4/c1-18-4-5-21(34-26(36)19-7-9-32-24(15-19)28(29,30)31)17-23(18)20-14-22(6-8-27(2,3)37)33-25(16-20)35-10-12-38-13-11-35;1-14-2-3-17(29-22(32)15-4-5-28-19(10-15)23(25,26)27)13-18(14)16-11-20(24)30-21(12-16)31-6-8-33-9-7-31;1-4-5(2,3)6;/h4-5,7,9,14-17,37H,10-13H2,1-3H3,(H,34,36);2-5,10-13H,6-9H2,1H3,(H,29,32);1,6H,2-3H3;1H4. The average Bonchev–Trinajstić information content (AvgIpc) is 3.39. The molecular weight excluding hydrogens is 1040 g/mol. The van der Waals surface area contributed by atoms with E-state index in [1.807, 2.05) is 38.1 Å². The zero-order valence-corrected chi connectivity index (χ0v) is 43.6. The molecular formula is C57H59ClF6N8O6. The molecule has 6 aromatic rings. The summed E-state index contributed by atoms with van der Waals surface area (Å²) in [5, 5.41) is 24.3. The lowest BCUT2D eigenvalue weighted by molar-refractivity contribution is -0.142. The second-order valence-corrected chi connectivity index (χ2v) is 19.1. The molecule has 412 valence electrons. The van der Waals surface area contributed by atoms with Crippen LogP contribution in [0.2, 0.25) is 5.15 Å². The Balaban J connectivity index is 0.000000259. The third-order valence-corrected chi connectivity index (χ3v) is 11.5. The van der Waals surface area contributed by atoms with Crippen LogP contribution in [-0.4, -0.2) is 106 Å². The summed E-state index contributed by atoms with van der Waals surface area (Å²) in [5.41, 5.74) is 1.69. The van der Waals surface area contributed by atoms with E-state index in [2.05, 4.69) is 58.1 Å². The Morgan fingerprint density at radius 3 is 1.44 bits per heavy atom. The van der Waals surface area contributed by atoms with Gasteiger partial charge in [-0.25, -0.2) is 9.97 Å². The van der Waals surface area contributed by atoms with Gasteiger partial charge in [-0.15, -0.1) is 6.42 Å². The van der Waals surface area contributed by atoms with E-state index in [4.69, 9.17) is 32.6 Å². The molecule has 78 heavy (non-hydrogen) atoms. The maximum Gasteiger partial charge on any atom is 0.433 e. The zero-order valence-electron chi connectivity index (χ0n) is 42.8. The van der Waals surface area contributed by atoms with Crippen molar-refractivity contribution in [1.29, 1.82) is 0 Å². The first-order valence-electron chi connectivity index (χ1n) is 23.9. The number of pyridine rings is 4. The van der Waals surface area contributed by atoms with Crippen LogP contribution in [0.4, 0.5) is 49.4 Å². The molecule has 0 saturated carbocycles. The van der Waals surface area contributed by atoms with Gasteiger partial charge in [0, 0.05) is 61.1 Å². The largest absolute Gasteiger partial charge is 0.433 e. The number of nitrogens with zero attached hydrogens (tertiary/aromatic N) is 6. The molecule has 2 aliphatic heterocycles. The van der Waals surface area contributed by atoms with Crippen LogP contribution in [0.1, 0.15) is 84.0 Å². The predicted molar refractivity (Wildman–Crippen MR) is 289 cm³/mol. The first-order chi connectivity index (χ1) is 36.2. The van der Waals surface area contributed by atoms with Crippen LogP contribution in [0.25, 0.3) is 22.3 Å². The van der Waals surface area contributed by atoms with Crippen LogP contribution in [-0.2, 0) is 21.8 Å². The number of amides is 2. The smallest absolute Gasteiger partial charge is 0.378 e. The fourth-order valence-electron chi connectivity index (χ4n) is 7.38. The lowest BCUT2D eigenvalue weighted by Gasteiger charge is -2.28. The van der Waals surface area contributed by atoms with Crippen LogP contribution in [0.5, 0.6) is 0 Å². The Kier molecular flexibility index (Phi) is 20.6. The molecule has 2 aliphatic rings. The Morgan fingerprint density at radius 2 is 1.04 bits per heavy atom. The Bertz CT molecular complexity index is 3180. The van der Waals surface area contributed by atoms with Crippen LogP contribution in [0.3, 0.4) is 0 Å². The van der Waals surface area contributed by atoms with Gasteiger partial charge in [0.05, 0.1) is 26.4 Å². The fraction of sp³-hybridized carbons (Fsp3) is 0.333. The molecule has 8 rings (SSSR count). The quantitative estimate of drug-likeness (QED) is 0.0646. The van der Waals surface area contributed by atoms with Crippen molar-refractivity contribution in [1.82, 2.24) is 19.9 Å². The predicted octanol–water partition coefficient (Wildman–Crippen LogP) is 10.9. The van der Waals surface area contributed by atoms with Crippen molar-refractivity contribution >= 4 is 46.4 Å². The number of aryl methyl sites for hydroxylation is 2. The summed E-state index contributed by atoms with van der Waals surface area (Å²) in [6, 6.07) is 21.8. The molecule has 21 heteroatoms. The van der Waals surface area contributed by atoms with Gasteiger partial charge in [-0.1, -0.05) is 43.0 Å².